The van der Waals surface area contributed by atoms with Gasteiger partial charge in [0.05, 0.1) is 11.4 Å². The molecule has 176 valence electrons. The smallest absolute Gasteiger partial charge is 0.810 e. The zero-order valence-electron chi connectivity index (χ0n) is 19.9. The van der Waals surface area contributed by atoms with Gasteiger partial charge in [0.15, 0.2) is 0 Å². The van der Waals surface area contributed by atoms with Crippen LogP contribution in [0.1, 0.15) is 11.3 Å². The molecule has 0 amide bonds. The molecule has 0 aliphatic carbocycles. The van der Waals surface area contributed by atoms with Crippen LogP contribution in [-0.2, 0) is 6.42 Å². The standard InChI is InChI=1S/C25H16ClFN3O4P.2Na/c26-17-8-6-16(7-9-17)24-20(12-15-4-2-1-3-5-15)29-30-21(14-23(31)28-25(24)30)19-11-10-18(27)13-22(19)34-35(32)33;;/h1-11,13-14H,12H2,(H,28,31);;/q-2;2*+1. The van der Waals surface area contributed by atoms with Gasteiger partial charge in [-0.3, -0.25) is 4.79 Å². The van der Waals surface area contributed by atoms with Crippen LogP contribution >= 0.6 is 20.2 Å². The van der Waals surface area contributed by atoms with Crippen LogP contribution in [0.5, 0.6) is 5.75 Å². The fourth-order valence-electron chi connectivity index (χ4n) is 3.98. The first kappa shape index (κ1) is 30.0. The minimum atomic E-state index is -3.32. The van der Waals surface area contributed by atoms with E-state index < -0.39 is 20.0 Å². The second-order valence-electron chi connectivity index (χ2n) is 7.73. The van der Waals surface area contributed by atoms with E-state index in [2.05, 4.69) is 4.98 Å². The van der Waals surface area contributed by atoms with Crippen molar-refractivity contribution in [3.05, 3.63) is 111 Å². The van der Waals surface area contributed by atoms with Crippen molar-refractivity contribution in [3.63, 3.8) is 0 Å². The molecular formula is C25H16ClFN3Na2O4P. The van der Waals surface area contributed by atoms with Crippen LogP contribution in [0, 0.1) is 5.82 Å². The Morgan fingerprint density at radius 2 is 1.70 bits per heavy atom. The summed E-state index contributed by atoms with van der Waals surface area (Å²) in [6.45, 7) is 0. The molecule has 0 bridgehead atoms. The maximum Gasteiger partial charge on any atom is 1.00 e. The van der Waals surface area contributed by atoms with Crippen LogP contribution in [0.2, 0.25) is 5.02 Å². The van der Waals surface area contributed by atoms with E-state index in [0.717, 1.165) is 23.3 Å². The molecule has 3 aromatic carbocycles. The third-order valence-corrected chi connectivity index (χ3v) is 6.03. The number of nitrogens with zero attached hydrogens (tertiary/aromatic N) is 2. The van der Waals surface area contributed by atoms with Gasteiger partial charge in [0.25, 0.3) is 5.56 Å². The molecule has 0 aliphatic rings. The molecule has 1 N–H and O–H groups in total. The summed E-state index contributed by atoms with van der Waals surface area (Å²) in [4.78, 5) is 38.1. The fourth-order valence-corrected chi connectivity index (χ4v) is 4.42. The van der Waals surface area contributed by atoms with E-state index in [1.807, 2.05) is 42.5 Å². The van der Waals surface area contributed by atoms with E-state index in [1.54, 1.807) is 12.1 Å². The second-order valence-corrected chi connectivity index (χ2v) is 8.79. The Labute approximate surface area is 261 Å². The van der Waals surface area contributed by atoms with Gasteiger partial charge in [-0.25, -0.2) is 8.91 Å². The van der Waals surface area contributed by atoms with Crippen molar-refractivity contribution in [1.82, 2.24) is 14.6 Å². The number of hydrogen-bond donors (Lipinski definition) is 1. The Bertz CT molecular complexity index is 1580. The number of aromatic nitrogens is 3. The van der Waals surface area contributed by atoms with E-state index in [-0.39, 0.29) is 76.1 Å². The Balaban J connectivity index is 0.00000190. The molecular weight excluding hydrogens is 538 g/mol. The van der Waals surface area contributed by atoms with Crippen LogP contribution in [0.25, 0.3) is 28.0 Å². The van der Waals surface area contributed by atoms with Gasteiger partial charge in [-0.15, -0.1) is 0 Å². The topological polar surface area (TPSA) is 106 Å². The molecule has 5 aromatic rings. The average Bonchev–Trinajstić information content (AvgIpc) is 3.17. The number of nitrogens with one attached hydrogen (secondary N) is 1. The summed E-state index contributed by atoms with van der Waals surface area (Å²) in [5.74, 6) is -0.935. The number of halogens is 2. The quantitative estimate of drug-likeness (QED) is 0.195. The molecule has 7 nitrogen and oxygen atoms in total. The molecule has 0 radical (unpaired) electrons. The summed E-state index contributed by atoms with van der Waals surface area (Å²) in [6.07, 6.45) is 0.459. The van der Waals surface area contributed by atoms with Crippen LogP contribution < -0.4 is 79.0 Å². The fraction of sp³-hybridized carbons (Fsp3) is 0.0400. The summed E-state index contributed by atoms with van der Waals surface area (Å²) in [5.41, 5.74) is 3.51. The van der Waals surface area contributed by atoms with Crippen molar-refractivity contribution >= 4 is 25.9 Å². The predicted molar refractivity (Wildman–Crippen MR) is 128 cm³/mol. The number of hydrogen-bond acceptors (Lipinski definition) is 5. The number of benzene rings is 3. The van der Waals surface area contributed by atoms with Crippen LogP contribution in [0.4, 0.5) is 4.39 Å². The Kier molecular flexibility index (Phi) is 10.5. The molecule has 0 atom stereocenters. The minimum absolute atomic E-state index is 0. The molecule has 0 saturated carbocycles. The van der Waals surface area contributed by atoms with Gasteiger partial charge >= 0.3 is 59.1 Å². The largest absolute Gasteiger partial charge is 1.00 e. The molecule has 0 aliphatic heterocycles. The van der Waals surface area contributed by atoms with Gasteiger partial charge in [-0.1, -0.05) is 62.7 Å². The molecule has 0 fully saturated rings. The van der Waals surface area contributed by atoms with Gasteiger partial charge in [0, 0.05) is 34.7 Å². The summed E-state index contributed by atoms with van der Waals surface area (Å²) in [7, 11) is -3.32. The second kappa shape index (κ2) is 13.0. The van der Waals surface area contributed by atoms with Crippen LogP contribution in [0.15, 0.2) is 83.7 Å². The molecule has 37 heavy (non-hydrogen) atoms. The van der Waals surface area contributed by atoms with Crippen molar-refractivity contribution in [1.29, 1.82) is 0 Å². The Morgan fingerprint density at radius 3 is 2.38 bits per heavy atom. The van der Waals surface area contributed by atoms with Gasteiger partial charge in [-0.2, -0.15) is 5.10 Å². The molecule has 12 heteroatoms. The van der Waals surface area contributed by atoms with E-state index in [1.165, 1.54) is 16.6 Å². The monoisotopic (exact) mass is 553 g/mol. The molecule has 2 heterocycles. The van der Waals surface area contributed by atoms with E-state index >= 15 is 0 Å². The molecule has 5 rings (SSSR count). The van der Waals surface area contributed by atoms with E-state index in [9.17, 15) is 19.0 Å². The molecule has 0 spiro atoms. The zero-order chi connectivity index (χ0) is 24.5. The van der Waals surface area contributed by atoms with E-state index in [0.29, 0.717) is 28.3 Å². The third-order valence-electron chi connectivity index (χ3n) is 5.44. The summed E-state index contributed by atoms with van der Waals surface area (Å²) < 4.78 is 20.2. The van der Waals surface area contributed by atoms with Crippen molar-refractivity contribution in [3.8, 4) is 28.1 Å². The first-order valence-corrected chi connectivity index (χ1v) is 11.9. The van der Waals surface area contributed by atoms with Gasteiger partial charge in [0.1, 0.15) is 17.2 Å². The Morgan fingerprint density at radius 1 is 1.00 bits per heavy atom. The minimum Gasteiger partial charge on any atom is -0.810 e. The van der Waals surface area contributed by atoms with Crippen LogP contribution in [0.3, 0.4) is 0 Å². The molecule has 0 unspecified atom stereocenters. The van der Waals surface area contributed by atoms with Crippen LogP contribution in [-0.4, -0.2) is 14.6 Å². The number of rotatable bonds is 6. The number of H-pyrrole nitrogens is 1. The normalized spacial score (nSPS) is 10.7. The maximum atomic E-state index is 13.9. The van der Waals surface area contributed by atoms with Crippen molar-refractivity contribution in [2.24, 2.45) is 0 Å². The SMILES string of the molecule is O=c1cc(-c2ccc(F)cc2OP([O-])[O-])n2nc(Cc3ccccc3)c(-c3ccc(Cl)cc3)c2[nH]1.[Na+].[Na+]. The van der Waals surface area contributed by atoms with Crippen molar-refractivity contribution in [2.45, 2.75) is 6.42 Å². The molecule has 0 saturated heterocycles. The van der Waals surface area contributed by atoms with E-state index in [4.69, 9.17) is 21.2 Å². The first-order valence-electron chi connectivity index (χ1n) is 10.5. The van der Waals surface area contributed by atoms with Gasteiger partial charge < -0.3 is 19.3 Å². The summed E-state index contributed by atoms with van der Waals surface area (Å²) >= 11 is 6.09. The average molecular weight is 554 g/mol. The van der Waals surface area contributed by atoms with Crippen molar-refractivity contribution in [2.75, 3.05) is 0 Å². The molecule has 2 aromatic heterocycles. The van der Waals surface area contributed by atoms with Gasteiger partial charge in [-0.05, 0) is 35.4 Å². The number of aromatic amines is 1. The van der Waals surface area contributed by atoms with Crippen molar-refractivity contribution < 1.29 is 77.8 Å². The zero-order valence-corrected chi connectivity index (χ0v) is 25.6. The predicted octanol–water partition coefficient (Wildman–Crippen LogP) is -1.93. The maximum absolute atomic E-state index is 13.9. The number of fused-ring (bicyclic) bond motifs is 1. The first-order chi connectivity index (χ1) is 16.9. The summed E-state index contributed by atoms with van der Waals surface area (Å²) in [6, 6.07) is 21.5. The third kappa shape index (κ3) is 6.72. The summed E-state index contributed by atoms with van der Waals surface area (Å²) in [5, 5.41) is 5.34. The van der Waals surface area contributed by atoms with Gasteiger partial charge in [0.2, 0.25) is 0 Å². The Hall–Kier alpha value is -1.55.